The standard InChI is InChI=1S/C5H10NO7P/c6-5(4(9)10,1-3(7)8)2-14(11,12)13/h1-2,6H2,(H,7,8)(H,9,10)(H2,11,12,13). The van der Waals surface area contributed by atoms with Crippen molar-refractivity contribution in [3.05, 3.63) is 0 Å². The largest absolute Gasteiger partial charge is 0.481 e. The maximum atomic E-state index is 10.5. The number of carboxylic acids is 2. The zero-order valence-corrected chi connectivity index (χ0v) is 7.85. The molecule has 0 amide bonds. The fourth-order valence-corrected chi connectivity index (χ4v) is 1.82. The summed E-state index contributed by atoms with van der Waals surface area (Å²) in [6, 6.07) is 0. The van der Waals surface area contributed by atoms with Gasteiger partial charge in [-0.1, -0.05) is 0 Å². The van der Waals surface area contributed by atoms with Crippen molar-refractivity contribution in [2.24, 2.45) is 5.73 Å². The minimum atomic E-state index is -4.67. The van der Waals surface area contributed by atoms with Gasteiger partial charge in [-0.15, -0.1) is 0 Å². The summed E-state index contributed by atoms with van der Waals surface area (Å²) in [7, 11) is -4.67. The number of hydrogen-bond donors (Lipinski definition) is 5. The van der Waals surface area contributed by atoms with Gasteiger partial charge in [-0.3, -0.25) is 14.2 Å². The first-order valence-electron chi connectivity index (χ1n) is 3.35. The summed E-state index contributed by atoms with van der Waals surface area (Å²) in [5, 5.41) is 16.8. The number of aliphatic carboxylic acids is 2. The maximum Gasteiger partial charge on any atom is 0.328 e. The summed E-state index contributed by atoms with van der Waals surface area (Å²) in [4.78, 5) is 37.7. The fourth-order valence-electron chi connectivity index (χ4n) is 0.837. The van der Waals surface area contributed by atoms with Crippen LogP contribution < -0.4 is 5.73 Å². The Bertz CT molecular complexity index is 296. The number of carbonyl (C=O) groups is 2. The van der Waals surface area contributed by atoms with E-state index in [0.717, 1.165) is 0 Å². The van der Waals surface area contributed by atoms with E-state index >= 15 is 0 Å². The van der Waals surface area contributed by atoms with Crippen LogP contribution in [0.3, 0.4) is 0 Å². The van der Waals surface area contributed by atoms with Crippen LogP contribution in [0.1, 0.15) is 6.42 Å². The third kappa shape index (κ3) is 4.33. The topological polar surface area (TPSA) is 158 Å². The maximum absolute atomic E-state index is 10.5. The lowest BCUT2D eigenvalue weighted by molar-refractivity contribution is -0.149. The first-order valence-corrected chi connectivity index (χ1v) is 5.15. The van der Waals surface area contributed by atoms with E-state index in [-0.39, 0.29) is 0 Å². The lowest BCUT2D eigenvalue weighted by atomic mass is 10.00. The summed E-state index contributed by atoms with van der Waals surface area (Å²) in [5.74, 6) is -3.30. The number of carboxylic acid groups (broad SMARTS) is 2. The zero-order chi connectivity index (χ0) is 11.6. The second kappa shape index (κ2) is 4.05. The molecular weight excluding hydrogens is 217 g/mol. The summed E-state index contributed by atoms with van der Waals surface area (Å²) in [6.45, 7) is 0. The van der Waals surface area contributed by atoms with Gasteiger partial charge in [-0.05, 0) is 0 Å². The van der Waals surface area contributed by atoms with Gasteiger partial charge in [0.25, 0.3) is 0 Å². The highest BCUT2D eigenvalue weighted by molar-refractivity contribution is 7.51. The monoisotopic (exact) mass is 227 g/mol. The Balaban J connectivity index is 4.83. The Morgan fingerprint density at radius 3 is 1.93 bits per heavy atom. The van der Waals surface area contributed by atoms with Crippen molar-refractivity contribution in [2.75, 3.05) is 6.16 Å². The molecule has 1 atom stereocenters. The van der Waals surface area contributed by atoms with Gasteiger partial charge in [-0.2, -0.15) is 0 Å². The molecular formula is C5H10NO7P. The van der Waals surface area contributed by atoms with Gasteiger partial charge in [0.05, 0.1) is 12.6 Å². The lowest BCUT2D eigenvalue weighted by Crippen LogP contribution is -2.52. The molecule has 0 heterocycles. The molecule has 9 heteroatoms. The van der Waals surface area contributed by atoms with Crippen LogP contribution in [0.5, 0.6) is 0 Å². The first kappa shape index (κ1) is 13.1. The molecule has 0 aliphatic rings. The second-order valence-corrected chi connectivity index (χ2v) is 4.50. The molecule has 0 saturated carbocycles. The van der Waals surface area contributed by atoms with Crippen molar-refractivity contribution >= 4 is 19.5 Å². The van der Waals surface area contributed by atoms with Crippen molar-refractivity contribution in [1.29, 1.82) is 0 Å². The molecule has 0 aliphatic heterocycles. The minimum Gasteiger partial charge on any atom is -0.481 e. The first-order chi connectivity index (χ1) is 6.07. The fraction of sp³-hybridized carbons (Fsp3) is 0.600. The minimum absolute atomic E-state index is 1.05. The lowest BCUT2D eigenvalue weighted by Gasteiger charge is -2.22. The summed E-state index contributed by atoms with van der Waals surface area (Å²) in [6.07, 6.45) is -2.25. The van der Waals surface area contributed by atoms with Gasteiger partial charge in [-0.25, -0.2) is 0 Å². The van der Waals surface area contributed by atoms with E-state index < -0.39 is 37.7 Å². The van der Waals surface area contributed by atoms with Gasteiger partial charge >= 0.3 is 19.5 Å². The molecule has 0 bridgehead atoms. The van der Waals surface area contributed by atoms with Crippen molar-refractivity contribution < 1.29 is 34.2 Å². The molecule has 0 aromatic rings. The van der Waals surface area contributed by atoms with Gasteiger partial charge in [0, 0.05) is 0 Å². The Labute approximate surface area is 78.5 Å². The van der Waals surface area contributed by atoms with Crippen LogP contribution in [0.4, 0.5) is 0 Å². The van der Waals surface area contributed by atoms with Crippen LogP contribution in [0.2, 0.25) is 0 Å². The molecule has 0 aliphatic carbocycles. The smallest absolute Gasteiger partial charge is 0.328 e. The summed E-state index contributed by atoms with van der Waals surface area (Å²) >= 11 is 0. The van der Waals surface area contributed by atoms with Crippen molar-refractivity contribution in [3.63, 3.8) is 0 Å². The number of hydrogen-bond acceptors (Lipinski definition) is 4. The molecule has 6 N–H and O–H groups in total. The van der Waals surface area contributed by atoms with Gasteiger partial charge in [0.15, 0.2) is 0 Å². The normalized spacial score (nSPS) is 15.9. The average molecular weight is 227 g/mol. The van der Waals surface area contributed by atoms with Gasteiger partial charge in [0.1, 0.15) is 5.54 Å². The highest BCUT2D eigenvalue weighted by Crippen LogP contribution is 2.38. The van der Waals surface area contributed by atoms with Crippen molar-refractivity contribution in [1.82, 2.24) is 0 Å². The predicted octanol–water partition coefficient (Wildman–Crippen LogP) is -1.58. The third-order valence-corrected chi connectivity index (χ3v) is 2.36. The molecule has 0 rings (SSSR count). The molecule has 0 fully saturated rings. The Morgan fingerprint density at radius 1 is 1.29 bits per heavy atom. The third-order valence-electron chi connectivity index (χ3n) is 1.38. The Morgan fingerprint density at radius 2 is 1.71 bits per heavy atom. The molecule has 82 valence electrons. The molecule has 0 aromatic heterocycles. The van der Waals surface area contributed by atoms with E-state index in [4.69, 9.17) is 25.7 Å². The molecule has 0 spiro atoms. The highest BCUT2D eigenvalue weighted by atomic mass is 31.2. The number of rotatable bonds is 5. The SMILES string of the molecule is NC(CC(=O)O)(CP(=O)(O)O)C(=O)O. The Hall–Kier alpha value is -0.950. The zero-order valence-electron chi connectivity index (χ0n) is 6.95. The molecule has 14 heavy (non-hydrogen) atoms. The summed E-state index contributed by atoms with van der Waals surface area (Å²) in [5.41, 5.74) is 2.62. The van der Waals surface area contributed by atoms with E-state index in [2.05, 4.69) is 0 Å². The van der Waals surface area contributed by atoms with Crippen LogP contribution in [0.25, 0.3) is 0 Å². The Kier molecular flexibility index (Phi) is 3.78. The van der Waals surface area contributed by atoms with Crippen LogP contribution in [0.15, 0.2) is 0 Å². The van der Waals surface area contributed by atoms with Crippen molar-refractivity contribution in [3.8, 4) is 0 Å². The molecule has 1 unspecified atom stereocenters. The molecule has 0 aromatic carbocycles. The molecule has 0 saturated heterocycles. The van der Waals surface area contributed by atoms with E-state index in [1.165, 1.54) is 0 Å². The summed E-state index contributed by atoms with van der Waals surface area (Å²) < 4.78 is 10.5. The predicted molar refractivity (Wildman–Crippen MR) is 43.7 cm³/mol. The second-order valence-electron chi connectivity index (χ2n) is 2.85. The van der Waals surface area contributed by atoms with Gasteiger partial charge < -0.3 is 25.7 Å². The quantitative estimate of drug-likeness (QED) is 0.352. The van der Waals surface area contributed by atoms with Crippen molar-refractivity contribution in [2.45, 2.75) is 12.0 Å². The highest BCUT2D eigenvalue weighted by Gasteiger charge is 2.42. The van der Waals surface area contributed by atoms with E-state index in [1.54, 1.807) is 0 Å². The number of nitrogens with two attached hydrogens (primary N) is 1. The van der Waals surface area contributed by atoms with E-state index in [9.17, 15) is 14.2 Å². The van der Waals surface area contributed by atoms with Crippen LogP contribution in [-0.2, 0) is 14.2 Å². The van der Waals surface area contributed by atoms with Crippen LogP contribution in [-0.4, -0.2) is 43.6 Å². The molecule has 0 radical (unpaired) electrons. The van der Waals surface area contributed by atoms with Gasteiger partial charge in [0.2, 0.25) is 0 Å². The average Bonchev–Trinajstić information content (AvgIpc) is 1.79. The van der Waals surface area contributed by atoms with Crippen LogP contribution >= 0.6 is 7.60 Å². The van der Waals surface area contributed by atoms with E-state index in [0.29, 0.717) is 0 Å². The van der Waals surface area contributed by atoms with Crippen LogP contribution in [0, 0.1) is 0 Å². The molecule has 8 nitrogen and oxygen atoms in total. The van der Waals surface area contributed by atoms with E-state index in [1.807, 2.05) is 0 Å².